The number of rotatable bonds is 6. The van der Waals surface area contributed by atoms with Crippen LogP contribution in [0, 0.1) is 0 Å². The molecular weight excluding hydrogens is 455 g/mol. The molecule has 31 heavy (non-hydrogen) atoms. The highest BCUT2D eigenvalue weighted by Crippen LogP contribution is 2.58. The van der Waals surface area contributed by atoms with Crippen molar-refractivity contribution in [3.63, 3.8) is 0 Å². The fourth-order valence-electron chi connectivity index (χ4n) is 3.59. The summed E-state index contributed by atoms with van der Waals surface area (Å²) in [5.74, 6) is -1.30. The highest BCUT2D eigenvalue weighted by atomic mass is 32.2. The quantitative estimate of drug-likeness (QED) is 0.574. The van der Waals surface area contributed by atoms with Crippen molar-refractivity contribution < 1.29 is 31.5 Å². The Morgan fingerprint density at radius 3 is 2.48 bits per heavy atom. The van der Waals surface area contributed by atoms with Crippen LogP contribution in [0.15, 0.2) is 59.1 Å². The van der Waals surface area contributed by atoms with Crippen molar-refractivity contribution in [2.24, 2.45) is 0 Å². The van der Waals surface area contributed by atoms with Gasteiger partial charge in [0.25, 0.3) is 10.0 Å². The van der Waals surface area contributed by atoms with Gasteiger partial charge in [-0.05, 0) is 24.1 Å². The molecule has 0 bridgehead atoms. The number of sulfonamides is 1. The predicted octanol–water partition coefficient (Wildman–Crippen LogP) is 3.42. The van der Waals surface area contributed by atoms with E-state index in [9.17, 15) is 31.5 Å². The first-order chi connectivity index (χ1) is 14.4. The van der Waals surface area contributed by atoms with Gasteiger partial charge in [0.05, 0.1) is 11.8 Å². The van der Waals surface area contributed by atoms with Crippen LogP contribution in [0.1, 0.15) is 24.5 Å². The van der Waals surface area contributed by atoms with Gasteiger partial charge in [-0.1, -0.05) is 37.3 Å². The SMILES string of the molecule is C[C@]1(c2ccccc2)C[C@@]1(NS(=O)(=O)c1ccc(-n2cc(C(F)(F)F)cn2)s1)C(=O)O. The summed E-state index contributed by atoms with van der Waals surface area (Å²) in [5, 5.41) is 13.6. The minimum atomic E-state index is -4.58. The van der Waals surface area contributed by atoms with Gasteiger partial charge in [0.2, 0.25) is 0 Å². The van der Waals surface area contributed by atoms with E-state index in [2.05, 4.69) is 9.82 Å². The zero-order chi connectivity index (χ0) is 22.7. The number of halogens is 3. The van der Waals surface area contributed by atoms with Crippen molar-refractivity contribution in [2.75, 3.05) is 0 Å². The molecule has 1 aromatic carbocycles. The molecule has 0 spiro atoms. The number of hydrogen-bond acceptors (Lipinski definition) is 5. The molecule has 0 amide bonds. The lowest BCUT2D eigenvalue weighted by Gasteiger charge is -2.20. The summed E-state index contributed by atoms with van der Waals surface area (Å²) in [6.45, 7) is 1.67. The van der Waals surface area contributed by atoms with Gasteiger partial charge < -0.3 is 5.11 Å². The number of hydrogen-bond donors (Lipinski definition) is 2. The van der Waals surface area contributed by atoms with E-state index in [-0.39, 0.29) is 15.6 Å². The second kappa shape index (κ2) is 6.90. The molecule has 7 nitrogen and oxygen atoms in total. The third-order valence-corrected chi connectivity index (χ3v) is 8.55. The maximum atomic E-state index is 12.9. The molecule has 4 rings (SSSR count). The zero-order valence-corrected chi connectivity index (χ0v) is 17.6. The van der Waals surface area contributed by atoms with E-state index in [1.807, 2.05) is 0 Å². The Hall–Kier alpha value is -2.70. The second-order valence-electron chi connectivity index (χ2n) is 7.45. The summed E-state index contributed by atoms with van der Waals surface area (Å²) < 4.78 is 67.2. The number of nitrogens with zero attached hydrogens (tertiary/aromatic N) is 2. The minimum absolute atomic E-state index is 0.0604. The molecule has 1 aliphatic carbocycles. The van der Waals surface area contributed by atoms with E-state index in [1.54, 1.807) is 37.3 Å². The summed E-state index contributed by atoms with van der Waals surface area (Å²) >= 11 is 0.683. The van der Waals surface area contributed by atoms with Crippen molar-refractivity contribution in [3.8, 4) is 5.00 Å². The lowest BCUT2D eigenvalue weighted by molar-refractivity contribution is -0.141. The fraction of sp³-hybridized carbons (Fsp3) is 0.263. The van der Waals surface area contributed by atoms with Crippen LogP contribution in [-0.2, 0) is 26.4 Å². The lowest BCUT2D eigenvalue weighted by atomic mass is 9.93. The second-order valence-corrected chi connectivity index (χ2v) is 10.4. The molecule has 0 unspecified atom stereocenters. The molecule has 1 fully saturated rings. The Bertz CT molecular complexity index is 1250. The largest absolute Gasteiger partial charge is 0.480 e. The van der Waals surface area contributed by atoms with E-state index in [4.69, 9.17) is 0 Å². The van der Waals surface area contributed by atoms with Gasteiger partial charge in [-0.15, -0.1) is 11.3 Å². The van der Waals surface area contributed by atoms with E-state index >= 15 is 0 Å². The Morgan fingerprint density at radius 1 is 1.23 bits per heavy atom. The number of thiophene rings is 1. The standard InChI is InChI=1S/C19H16F3N3O4S2/c1-17(12-5-3-2-4-6-12)11-18(17,16(26)27)24-31(28,29)15-8-7-14(30-15)25-10-13(9-23-25)19(20,21)22/h2-10,24H,11H2,1H3,(H,26,27)/t17-,18-/m1/s1. The van der Waals surface area contributed by atoms with Crippen molar-refractivity contribution >= 4 is 27.3 Å². The van der Waals surface area contributed by atoms with E-state index in [0.717, 1.165) is 10.9 Å². The molecule has 2 N–H and O–H groups in total. The molecule has 1 saturated carbocycles. The number of carbonyl (C=O) groups is 1. The molecular formula is C19H16F3N3O4S2. The highest BCUT2D eigenvalue weighted by Gasteiger charge is 2.72. The number of carboxylic acids is 1. The van der Waals surface area contributed by atoms with Crippen LogP contribution in [0.25, 0.3) is 5.00 Å². The van der Waals surface area contributed by atoms with Gasteiger partial charge >= 0.3 is 12.1 Å². The van der Waals surface area contributed by atoms with Crippen LogP contribution in [0.4, 0.5) is 13.2 Å². The summed E-state index contributed by atoms with van der Waals surface area (Å²) in [4.78, 5) is 12.1. The number of alkyl halides is 3. The number of aliphatic carboxylic acids is 1. The van der Waals surface area contributed by atoms with Crippen LogP contribution in [0.2, 0.25) is 0 Å². The zero-order valence-electron chi connectivity index (χ0n) is 15.9. The molecule has 1 aliphatic rings. The maximum absolute atomic E-state index is 12.9. The number of nitrogens with one attached hydrogen (secondary N) is 1. The van der Waals surface area contributed by atoms with Crippen molar-refractivity contribution in [3.05, 3.63) is 66.0 Å². The first kappa shape index (κ1) is 21.5. The number of benzene rings is 1. The molecule has 3 aromatic rings. The van der Waals surface area contributed by atoms with Gasteiger partial charge in [-0.3, -0.25) is 4.79 Å². The Labute approximate surface area is 179 Å². The number of carboxylic acid groups (broad SMARTS) is 1. The van der Waals surface area contributed by atoms with E-state index in [0.29, 0.717) is 23.1 Å². The topological polar surface area (TPSA) is 101 Å². The Morgan fingerprint density at radius 2 is 1.90 bits per heavy atom. The Kier molecular flexibility index (Phi) is 4.79. The van der Waals surface area contributed by atoms with Crippen LogP contribution < -0.4 is 4.72 Å². The molecule has 2 heterocycles. The van der Waals surface area contributed by atoms with Gasteiger partial charge in [-0.25, -0.2) is 13.1 Å². The summed E-state index contributed by atoms with van der Waals surface area (Å²) in [6, 6.07) is 11.2. The molecule has 12 heteroatoms. The predicted molar refractivity (Wildman–Crippen MR) is 106 cm³/mol. The maximum Gasteiger partial charge on any atom is 0.419 e. The first-order valence-electron chi connectivity index (χ1n) is 8.94. The molecule has 0 aliphatic heterocycles. The molecule has 0 radical (unpaired) electrons. The highest BCUT2D eigenvalue weighted by molar-refractivity contribution is 7.91. The smallest absolute Gasteiger partial charge is 0.419 e. The first-order valence-corrected chi connectivity index (χ1v) is 11.2. The summed E-state index contributed by atoms with van der Waals surface area (Å²) in [7, 11) is -4.26. The van der Waals surface area contributed by atoms with Gasteiger partial charge in [-0.2, -0.15) is 23.0 Å². The summed E-state index contributed by atoms with van der Waals surface area (Å²) in [6.07, 6.45) is -3.12. The average Bonchev–Trinajstić information content (AvgIpc) is 3.12. The van der Waals surface area contributed by atoms with Crippen molar-refractivity contribution in [2.45, 2.75) is 34.7 Å². The van der Waals surface area contributed by atoms with Crippen LogP contribution >= 0.6 is 11.3 Å². The third-order valence-electron chi connectivity index (χ3n) is 5.49. The minimum Gasteiger partial charge on any atom is -0.480 e. The molecule has 2 atom stereocenters. The fourth-order valence-corrected chi connectivity index (χ4v) is 6.27. The van der Waals surface area contributed by atoms with Gasteiger partial charge in [0.1, 0.15) is 14.7 Å². The van der Waals surface area contributed by atoms with E-state index < -0.39 is 38.7 Å². The molecule has 164 valence electrons. The normalized spacial score (nSPS) is 23.6. The van der Waals surface area contributed by atoms with Crippen LogP contribution in [0.3, 0.4) is 0 Å². The number of aromatic nitrogens is 2. The van der Waals surface area contributed by atoms with Gasteiger partial charge in [0.15, 0.2) is 0 Å². The average molecular weight is 471 g/mol. The monoisotopic (exact) mass is 471 g/mol. The van der Waals surface area contributed by atoms with Crippen LogP contribution in [-0.4, -0.2) is 34.8 Å². The summed E-state index contributed by atoms with van der Waals surface area (Å²) in [5.41, 5.74) is -2.96. The van der Waals surface area contributed by atoms with E-state index in [1.165, 1.54) is 12.1 Å². The third kappa shape index (κ3) is 3.54. The molecule has 2 aromatic heterocycles. The van der Waals surface area contributed by atoms with Crippen molar-refractivity contribution in [1.82, 2.24) is 14.5 Å². The Balaban J connectivity index is 1.63. The van der Waals surface area contributed by atoms with Crippen LogP contribution in [0.5, 0.6) is 0 Å². The van der Waals surface area contributed by atoms with Gasteiger partial charge in [0, 0.05) is 11.6 Å². The van der Waals surface area contributed by atoms with Crippen molar-refractivity contribution in [1.29, 1.82) is 0 Å². The molecule has 0 saturated heterocycles. The lowest BCUT2D eigenvalue weighted by Crippen LogP contribution is -2.47.